The van der Waals surface area contributed by atoms with Crippen LogP contribution in [-0.4, -0.2) is 28.5 Å². The zero-order valence-corrected chi connectivity index (χ0v) is 13.9. The quantitative estimate of drug-likeness (QED) is 0.748. The summed E-state index contributed by atoms with van der Waals surface area (Å²) in [5, 5.41) is 10.2. The topological polar surface area (TPSA) is 53.2 Å². The molecule has 3 N–H and O–H groups in total. The van der Waals surface area contributed by atoms with Crippen LogP contribution >= 0.6 is 12.2 Å². The summed E-state index contributed by atoms with van der Waals surface area (Å²) >= 11 is 5.58. The first-order valence-electron chi connectivity index (χ1n) is 7.96. The Labute approximate surface area is 137 Å². The SMILES string of the molecule is CC(=O)C1(C(=S)Nc2ccc(C)cc2)N[C@@H]2CCCC[C@H]2N1. The molecule has 4 nitrogen and oxygen atoms in total. The first-order chi connectivity index (χ1) is 10.5. The normalized spacial score (nSPS) is 26.3. The summed E-state index contributed by atoms with van der Waals surface area (Å²) in [7, 11) is 0. The molecule has 0 spiro atoms. The van der Waals surface area contributed by atoms with Gasteiger partial charge in [0.25, 0.3) is 0 Å². The number of Topliss-reactive ketones (excluding diaryl/α,β-unsaturated/α-hetero) is 1. The number of benzene rings is 1. The van der Waals surface area contributed by atoms with Crippen molar-refractivity contribution in [2.24, 2.45) is 0 Å². The van der Waals surface area contributed by atoms with E-state index in [1.165, 1.54) is 18.4 Å². The largest absolute Gasteiger partial charge is 0.347 e. The molecule has 5 heteroatoms. The van der Waals surface area contributed by atoms with Gasteiger partial charge in [-0.05, 0) is 38.8 Å². The van der Waals surface area contributed by atoms with Crippen molar-refractivity contribution >= 4 is 28.7 Å². The van der Waals surface area contributed by atoms with Gasteiger partial charge >= 0.3 is 0 Å². The summed E-state index contributed by atoms with van der Waals surface area (Å²) in [6.07, 6.45) is 4.61. The van der Waals surface area contributed by atoms with Gasteiger partial charge < -0.3 is 5.32 Å². The number of carbonyl (C=O) groups is 1. The van der Waals surface area contributed by atoms with Crippen LogP contribution in [0.15, 0.2) is 24.3 Å². The van der Waals surface area contributed by atoms with Gasteiger partial charge in [0.2, 0.25) is 0 Å². The van der Waals surface area contributed by atoms with Gasteiger partial charge in [0.05, 0.1) is 0 Å². The average Bonchev–Trinajstić information content (AvgIpc) is 2.90. The molecule has 1 aliphatic carbocycles. The van der Waals surface area contributed by atoms with E-state index in [0.29, 0.717) is 17.1 Å². The second kappa shape index (κ2) is 6.07. The summed E-state index contributed by atoms with van der Waals surface area (Å²) in [5.41, 5.74) is 1.18. The third kappa shape index (κ3) is 2.81. The lowest BCUT2D eigenvalue weighted by Gasteiger charge is -2.29. The Kier molecular flexibility index (Phi) is 4.30. The van der Waals surface area contributed by atoms with E-state index < -0.39 is 5.66 Å². The molecule has 22 heavy (non-hydrogen) atoms. The molecule has 0 amide bonds. The number of fused-ring (bicyclic) bond motifs is 1. The number of carbonyl (C=O) groups excluding carboxylic acids is 1. The molecule has 2 atom stereocenters. The number of rotatable bonds is 3. The highest BCUT2D eigenvalue weighted by molar-refractivity contribution is 7.80. The second-order valence-corrected chi connectivity index (χ2v) is 6.82. The zero-order chi connectivity index (χ0) is 15.7. The van der Waals surface area contributed by atoms with Gasteiger partial charge in [0.1, 0.15) is 4.99 Å². The molecule has 0 radical (unpaired) electrons. The third-order valence-corrected chi connectivity index (χ3v) is 5.16. The van der Waals surface area contributed by atoms with E-state index in [2.05, 4.69) is 16.0 Å². The van der Waals surface area contributed by atoms with Gasteiger partial charge in [0, 0.05) is 17.8 Å². The number of anilines is 1. The predicted molar refractivity (Wildman–Crippen MR) is 93.1 cm³/mol. The van der Waals surface area contributed by atoms with Crippen LogP contribution in [0.5, 0.6) is 0 Å². The fourth-order valence-corrected chi connectivity index (χ4v) is 3.81. The molecule has 1 aromatic carbocycles. The van der Waals surface area contributed by atoms with Crippen molar-refractivity contribution in [1.82, 2.24) is 10.6 Å². The van der Waals surface area contributed by atoms with Crippen LogP contribution < -0.4 is 16.0 Å². The maximum atomic E-state index is 12.3. The molecule has 1 saturated carbocycles. The van der Waals surface area contributed by atoms with E-state index in [-0.39, 0.29) is 5.78 Å². The first kappa shape index (κ1) is 15.6. The van der Waals surface area contributed by atoms with Crippen molar-refractivity contribution in [1.29, 1.82) is 0 Å². The lowest BCUT2D eigenvalue weighted by Crippen LogP contribution is -2.63. The standard InChI is InChI=1S/C17H23N3OS/c1-11-7-9-13(10-8-11)18-16(22)17(12(2)21)19-14-5-3-4-6-15(14)20-17/h7-10,14-15,19-20H,3-6H2,1-2H3,(H,18,22)/t14-,15-/m1/s1. The van der Waals surface area contributed by atoms with Gasteiger partial charge in [0.15, 0.2) is 11.4 Å². The van der Waals surface area contributed by atoms with Crippen LogP contribution in [-0.2, 0) is 4.79 Å². The van der Waals surface area contributed by atoms with Gasteiger partial charge in [-0.2, -0.15) is 0 Å². The molecule has 2 fully saturated rings. The van der Waals surface area contributed by atoms with Gasteiger partial charge in [-0.1, -0.05) is 42.8 Å². The van der Waals surface area contributed by atoms with E-state index >= 15 is 0 Å². The Morgan fingerprint density at radius 1 is 1.18 bits per heavy atom. The zero-order valence-electron chi connectivity index (χ0n) is 13.1. The summed E-state index contributed by atoms with van der Waals surface area (Å²) < 4.78 is 0. The molecule has 0 unspecified atom stereocenters. The molecule has 1 heterocycles. The molecule has 118 valence electrons. The molecule has 0 aromatic heterocycles. The monoisotopic (exact) mass is 317 g/mol. The Morgan fingerprint density at radius 3 is 2.23 bits per heavy atom. The summed E-state index contributed by atoms with van der Waals surface area (Å²) in [4.78, 5) is 12.9. The smallest absolute Gasteiger partial charge is 0.181 e. The third-order valence-electron chi connectivity index (χ3n) is 4.75. The molecule has 2 aliphatic rings. The lowest BCUT2D eigenvalue weighted by atomic mass is 9.92. The highest BCUT2D eigenvalue weighted by Crippen LogP contribution is 2.28. The molecule has 1 aromatic rings. The van der Waals surface area contributed by atoms with E-state index in [1.54, 1.807) is 6.92 Å². The van der Waals surface area contributed by atoms with Crippen molar-refractivity contribution in [3.63, 3.8) is 0 Å². The molecule has 1 saturated heterocycles. The van der Waals surface area contributed by atoms with E-state index in [1.807, 2.05) is 31.2 Å². The molecular weight excluding hydrogens is 294 g/mol. The van der Waals surface area contributed by atoms with Crippen molar-refractivity contribution in [3.8, 4) is 0 Å². The van der Waals surface area contributed by atoms with E-state index in [9.17, 15) is 4.79 Å². The van der Waals surface area contributed by atoms with Crippen molar-refractivity contribution in [2.45, 2.75) is 57.3 Å². The average molecular weight is 317 g/mol. The van der Waals surface area contributed by atoms with E-state index in [4.69, 9.17) is 12.2 Å². The number of hydrogen-bond donors (Lipinski definition) is 3. The first-order valence-corrected chi connectivity index (χ1v) is 8.37. The number of nitrogens with one attached hydrogen (secondary N) is 3. The summed E-state index contributed by atoms with van der Waals surface area (Å²) in [6.45, 7) is 3.64. The highest BCUT2D eigenvalue weighted by Gasteiger charge is 2.50. The lowest BCUT2D eigenvalue weighted by molar-refractivity contribution is -0.121. The number of aryl methyl sites for hydroxylation is 1. The van der Waals surface area contributed by atoms with Crippen LogP contribution in [0.2, 0.25) is 0 Å². The van der Waals surface area contributed by atoms with Crippen LogP contribution in [0, 0.1) is 6.92 Å². The minimum atomic E-state index is -0.931. The summed E-state index contributed by atoms with van der Waals surface area (Å²) in [6, 6.07) is 8.68. The highest BCUT2D eigenvalue weighted by atomic mass is 32.1. The molecular formula is C17H23N3OS. The van der Waals surface area contributed by atoms with Crippen LogP contribution in [0.1, 0.15) is 38.2 Å². The summed E-state index contributed by atoms with van der Waals surface area (Å²) in [5.74, 6) is 0.0199. The predicted octanol–water partition coefficient (Wildman–Crippen LogP) is 2.52. The van der Waals surface area contributed by atoms with Gasteiger partial charge in [-0.3, -0.25) is 15.4 Å². The van der Waals surface area contributed by atoms with Crippen molar-refractivity contribution in [3.05, 3.63) is 29.8 Å². The number of hydrogen-bond acceptors (Lipinski definition) is 4. The fourth-order valence-electron chi connectivity index (χ4n) is 3.43. The molecule has 1 aliphatic heterocycles. The van der Waals surface area contributed by atoms with Gasteiger partial charge in [-0.25, -0.2) is 0 Å². The minimum Gasteiger partial charge on any atom is -0.347 e. The number of thiocarbonyl (C=S) groups is 1. The van der Waals surface area contributed by atoms with Crippen LogP contribution in [0.3, 0.4) is 0 Å². The second-order valence-electron chi connectivity index (χ2n) is 6.41. The Morgan fingerprint density at radius 2 is 1.73 bits per heavy atom. The molecule has 3 rings (SSSR count). The van der Waals surface area contributed by atoms with Crippen molar-refractivity contribution in [2.75, 3.05) is 5.32 Å². The maximum absolute atomic E-state index is 12.3. The maximum Gasteiger partial charge on any atom is 0.181 e. The molecule has 0 bridgehead atoms. The number of ketones is 1. The van der Waals surface area contributed by atoms with Crippen LogP contribution in [0.25, 0.3) is 0 Å². The minimum absolute atomic E-state index is 0.0199. The Balaban J connectivity index is 1.80. The van der Waals surface area contributed by atoms with Gasteiger partial charge in [-0.15, -0.1) is 0 Å². The van der Waals surface area contributed by atoms with E-state index in [0.717, 1.165) is 18.5 Å². The van der Waals surface area contributed by atoms with Crippen molar-refractivity contribution < 1.29 is 4.79 Å². The fraction of sp³-hybridized carbons (Fsp3) is 0.529. The van der Waals surface area contributed by atoms with Crippen LogP contribution in [0.4, 0.5) is 5.69 Å². The Hall–Kier alpha value is -1.30. The Bertz CT molecular complexity index is 570.